The number of carbonyl (C=O) groups excluding carboxylic acids is 1. The topological polar surface area (TPSA) is 71.6 Å². The molecule has 1 aliphatic heterocycles. The number of methoxy groups -OCH3 is 1. The van der Waals surface area contributed by atoms with Gasteiger partial charge in [-0.1, -0.05) is 42.5 Å². The lowest BCUT2D eigenvalue weighted by Crippen LogP contribution is -2.28. The molecule has 6 heteroatoms. The van der Waals surface area contributed by atoms with Crippen LogP contribution in [-0.4, -0.2) is 26.2 Å². The Balaban J connectivity index is 1.27. The van der Waals surface area contributed by atoms with Gasteiger partial charge in [0.1, 0.15) is 18.1 Å². The fourth-order valence-electron chi connectivity index (χ4n) is 3.67. The van der Waals surface area contributed by atoms with E-state index in [2.05, 4.69) is 28.3 Å². The van der Waals surface area contributed by atoms with Crippen LogP contribution in [0.1, 0.15) is 40.0 Å². The number of carbonyl (C=O) groups is 1. The van der Waals surface area contributed by atoms with Crippen LogP contribution in [0, 0.1) is 0 Å². The summed E-state index contributed by atoms with van der Waals surface area (Å²) in [4.78, 5) is 12.4. The third-order valence-corrected chi connectivity index (χ3v) is 5.37. The van der Waals surface area contributed by atoms with E-state index in [1.807, 2.05) is 66.7 Å². The van der Waals surface area contributed by atoms with E-state index in [-0.39, 0.29) is 18.0 Å². The Morgan fingerprint density at radius 3 is 2.35 bits per heavy atom. The molecule has 0 spiro atoms. The molecule has 31 heavy (non-hydrogen) atoms. The molecule has 1 saturated heterocycles. The fraction of sp³-hybridized carbons (Fsp3) is 0.240. The monoisotopic (exact) mass is 417 g/mol. The normalized spacial score (nSPS) is 17.8. The molecule has 0 radical (unpaired) electrons. The Kier molecular flexibility index (Phi) is 6.82. The van der Waals surface area contributed by atoms with Crippen molar-refractivity contribution in [2.75, 3.05) is 20.3 Å². The van der Waals surface area contributed by atoms with Gasteiger partial charge in [0.15, 0.2) is 0 Å². The molecule has 3 aromatic carbocycles. The van der Waals surface area contributed by atoms with Gasteiger partial charge in [0.05, 0.1) is 13.7 Å². The Labute approximate surface area is 182 Å². The third-order valence-electron chi connectivity index (χ3n) is 5.37. The number of amides is 1. The van der Waals surface area contributed by atoms with Crippen LogP contribution in [0.2, 0.25) is 0 Å². The van der Waals surface area contributed by atoms with Crippen molar-refractivity contribution in [1.82, 2.24) is 16.2 Å². The molecule has 0 aliphatic carbocycles. The van der Waals surface area contributed by atoms with E-state index in [1.54, 1.807) is 7.11 Å². The zero-order valence-electron chi connectivity index (χ0n) is 17.5. The lowest BCUT2D eigenvalue weighted by Gasteiger charge is -2.12. The van der Waals surface area contributed by atoms with Gasteiger partial charge in [0, 0.05) is 17.6 Å². The molecular formula is C25H27N3O3. The van der Waals surface area contributed by atoms with E-state index in [9.17, 15) is 4.79 Å². The van der Waals surface area contributed by atoms with Crippen LogP contribution < -0.4 is 25.6 Å². The Morgan fingerprint density at radius 1 is 0.903 bits per heavy atom. The molecule has 1 heterocycles. The standard InChI is InChI=1S/C25H27N3O3/c1-30-22-9-5-6-20(16-22)24-17-23(27-28-24)18-10-12-19(13-11-18)25(29)26-14-15-31-21-7-3-2-4-8-21/h2-13,16,23-24,27-28H,14-15,17H2,1H3,(H,26,29). The average Bonchev–Trinajstić information content (AvgIpc) is 3.33. The Morgan fingerprint density at radius 2 is 1.61 bits per heavy atom. The van der Waals surface area contributed by atoms with E-state index in [0.29, 0.717) is 18.7 Å². The van der Waals surface area contributed by atoms with E-state index < -0.39 is 0 Å². The predicted molar refractivity (Wildman–Crippen MR) is 120 cm³/mol. The fourth-order valence-corrected chi connectivity index (χ4v) is 3.67. The van der Waals surface area contributed by atoms with Gasteiger partial charge < -0.3 is 14.8 Å². The van der Waals surface area contributed by atoms with Crippen molar-refractivity contribution in [3.05, 3.63) is 95.6 Å². The Hall–Kier alpha value is -3.35. The van der Waals surface area contributed by atoms with Gasteiger partial charge in [0.25, 0.3) is 5.91 Å². The molecule has 2 atom stereocenters. The molecule has 1 amide bonds. The minimum atomic E-state index is -0.102. The SMILES string of the molecule is COc1cccc(C2CC(c3ccc(C(=O)NCCOc4ccccc4)cc3)NN2)c1. The molecule has 6 nitrogen and oxygen atoms in total. The molecular weight excluding hydrogens is 390 g/mol. The Bertz CT molecular complexity index is 992. The van der Waals surface area contributed by atoms with Crippen molar-refractivity contribution < 1.29 is 14.3 Å². The highest BCUT2D eigenvalue weighted by Crippen LogP contribution is 2.32. The number of rotatable bonds is 8. The molecule has 3 aromatic rings. The number of hydrogen-bond donors (Lipinski definition) is 3. The van der Waals surface area contributed by atoms with Gasteiger partial charge in [-0.15, -0.1) is 0 Å². The number of para-hydroxylation sites is 1. The predicted octanol–water partition coefficient (Wildman–Crippen LogP) is 3.78. The smallest absolute Gasteiger partial charge is 0.251 e. The van der Waals surface area contributed by atoms with E-state index >= 15 is 0 Å². The molecule has 0 saturated carbocycles. The first-order valence-corrected chi connectivity index (χ1v) is 10.4. The average molecular weight is 418 g/mol. The molecule has 4 rings (SSSR count). The highest BCUT2D eigenvalue weighted by molar-refractivity contribution is 5.94. The summed E-state index contributed by atoms with van der Waals surface area (Å²) in [6, 6.07) is 25.8. The molecule has 1 fully saturated rings. The largest absolute Gasteiger partial charge is 0.497 e. The molecule has 1 aliphatic rings. The van der Waals surface area contributed by atoms with Crippen LogP contribution in [0.4, 0.5) is 0 Å². The summed E-state index contributed by atoms with van der Waals surface area (Å²) in [5, 5.41) is 2.89. The zero-order chi connectivity index (χ0) is 21.5. The molecule has 2 unspecified atom stereocenters. The second-order valence-corrected chi connectivity index (χ2v) is 7.45. The maximum Gasteiger partial charge on any atom is 0.251 e. The maximum atomic E-state index is 12.4. The number of ether oxygens (including phenoxy) is 2. The van der Waals surface area contributed by atoms with Gasteiger partial charge in [0.2, 0.25) is 0 Å². The molecule has 0 bridgehead atoms. The van der Waals surface area contributed by atoms with Crippen LogP contribution >= 0.6 is 0 Å². The van der Waals surface area contributed by atoms with Crippen molar-refractivity contribution in [2.24, 2.45) is 0 Å². The summed E-state index contributed by atoms with van der Waals surface area (Å²) in [7, 11) is 1.68. The summed E-state index contributed by atoms with van der Waals surface area (Å²) in [5.41, 5.74) is 9.68. The maximum absolute atomic E-state index is 12.4. The summed E-state index contributed by atoms with van der Waals surface area (Å²) in [6.45, 7) is 0.878. The first-order chi connectivity index (χ1) is 15.2. The second kappa shape index (κ2) is 10.1. The third kappa shape index (κ3) is 5.42. The van der Waals surface area contributed by atoms with Crippen LogP contribution in [-0.2, 0) is 0 Å². The first kappa shape index (κ1) is 20.9. The quantitative estimate of drug-likeness (QED) is 0.487. The summed E-state index contributed by atoms with van der Waals surface area (Å²) < 4.78 is 10.9. The van der Waals surface area contributed by atoms with Crippen molar-refractivity contribution in [3.63, 3.8) is 0 Å². The zero-order valence-corrected chi connectivity index (χ0v) is 17.5. The number of hydrazine groups is 1. The van der Waals surface area contributed by atoms with Crippen molar-refractivity contribution in [2.45, 2.75) is 18.5 Å². The van der Waals surface area contributed by atoms with Gasteiger partial charge in [-0.2, -0.15) is 0 Å². The van der Waals surface area contributed by atoms with Crippen LogP contribution in [0.25, 0.3) is 0 Å². The van der Waals surface area contributed by atoms with Crippen molar-refractivity contribution in [1.29, 1.82) is 0 Å². The van der Waals surface area contributed by atoms with Gasteiger partial charge in [-0.05, 0) is 53.9 Å². The lowest BCUT2D eigenvalue weighted by molar-refractivity contribution is 0.0947. The van der Waals surface area contributed by atoms with Crippen LogP contribution in [0.5, 0.6) is 11.5 Å². The summed E-state index contributed by atoms with van der Waals surface area (Å²) >= 11 is 0. The van der Waals surface area contributed by atoms with E-state index in [4.69, 9.17) is 9.47 Å². The number of nitrogens with one attached hydrogen (secondary N) is 3. The number of hydrogen-bond acceptors (Lipinski definition) is 5. The highest BCUT2D eigenvalue weighted by atomic mass is 16.5. The highest BCUT2D eigenvalue weighted by Gasteiger charge is 2.26. The summed E-state index contributed by atoms with van der Waals surface area (Å²) in [5.74, 6) is 1.55. The van der Waals surface area contributed by atoms with E-state index in [0.717, 1.165) is 23.5 Å². The van der Waals surface area contributed by atoms with Crippen molar-refractivity contribution >= 4 is 5.91 Å². The van der Waals surface area contributed by atoms with Gasteiger partial charge in [-0.3, -0.25) is 4.79 Å². The van der Waals surface area contributed by atoms with Crippen LogP contribution in [0.15, 0.2) is 78.9 Å². The van der Waals surface area contributed by atoms with Gasteiger partial charge >= 0.3 is 0 Å². The summed E-state index contributed by atoms with van der Waals surface area (Å²) in [6.07, 6.45) is 0.912. The molecule has 0 aromatic heterocycles. The second-order valence-electron chi connectivity index (χ2n) is 7.45. The molecule has 3 N–H and O–H groups in total. The lowest BCUT2D eigenvalue weighted by atomic mass is 9.97. The minimum absolute atomic E-state index is 0.102. The first-order valence-electron chi connectivity index (χ1n) is 10.4. The van der Waals surface area contributed by atoms with Crippen LogP contribution in [0.3, 0.4) is 0 Å². The van der Waals surface area contributed by atoms with Crippen molar-refractivity contribution in [3.8, 4) is 11.5 Å². The minimum Gasteiger partial charge on any atom is -0.497 e. The number of benzene rings is 3. The van der Waals surface area contributed by atoms with E-state index in [1.165, 1.54) is 5.56 Å². The van der Waals surface area contributed by atoms with Gasteiger partial charge in [-0.25, -0.2) is 10.9 Å². The molecule has 160 valence electrons.